The van der Waals surface area contributed by atoms with E-state index in [1.54, 1.807) is 24.3 Å². The quantitative estimate of drug-likeness (QED) is 0.631. The Morgan fingerprint density at radius 3 is 2.30 bits per heavy atom. The van der Waals surface area contributed by atoms with Crippen LogP contribution in [0.3, 0.4) is 0 Å². The summed E-state index contributed by atoms with van der Waals surface area (Å²) in [6.07, 6.45) is 0.166. The van der Waals surface area contributed by atoms with Gasteiger partial charge in [0.05, 0.1) is 0 Å². The third-order valence-electron chi connectivity index (χ3n) is 3.55. The Morgan fingerprint density at radius 2 is 1.55 bits per heavy atom. The predicted molar refractivity (Wildman–Crippen MR) is 73.7 cm³/mol. The van der Waals surface area contributed by atoms with E-state index in [1.807, 2.05) is 30.3 Å². The Kier molecular flexibility index (Phi) is 3.03. The molecule has 0 amide bonds. The molecule has 0 aliphatic heterocycles. The predicted octanol–water partition coefficient (Wildman–Crippen LogP) is 2.35. The van der Waals surface area contributed by atoms with Crippen molar-refractivity contribution in [3.63, 3.8) is 0 Å². The van der Waals surface area contributed by atoms with Crippen LogP contribution in [0.5, 0.6) is 0 Å². The van der Waals surface area contributed by atoms with Gasteiger partial charge in [-0.2, -0.15) is 0 Å². The number of benzene rings is 2. The third-order valence-corrected chi connectivity index (χ3v) is 3.55. The van der Waals surface area contributed by atoms with Gasteiger partial charge in [-0.1, -0.05) is 54.6 Å². The number of hydrogen-bond acceptors (Lipinski definition) is 3. The number of carbonyl (C=O) groups is 3. The minimum absolute atomic E-state index is 0.166. The maximum absolute atomic E-state index is 12.4. The van der Waals surface area contributed by atoms with Gasteiger partial charge in [0.1, 0.15) is 5.92 Å². The first-order valence-corrected chi connectivity index (χ1v) is 6.42. The molecule has 2 aromatic carbocycles. The normalized spacial score (nSPS) is 17.1. The number of Topliss-reactive ketones (excluding diaryl/α,β-unsaturated/α-hetero) is 3. The van der Waals surface area contributed by atoms with Crippen LogP contribution in [0.25, 0.3) is 0 Å². The van der Waals surface area contributed by atoms with Crippen molar-refractivity contribution in [3.8, 4) is 0 Å². The van der Waals surface area contributed by atoms with Crippen LogP contribution in [0, 0.1) is 0 Å². The van der Waals surface area contributed by atoms with Gasteiger partial charge in [-0.3, -0.25) is 14.4 Å². The molecular weight excluding hydrogens is 252 g/mol. The zero-order valence-corrected chi connectivity index (χ0v) is 10.7. The van der Waals surface area contributed by atoms with Crippen LogP contribution in [0.1, 0.15) is 27.4 Å². The van der Waals surface area contributed by atoms with Crippen LogP contribution in [0.15, 0.2) is 54.6 Å². The number of fused-ring (bicyclic) bond motifs is 1. The summed E-state index contributed by atoms with van der Waals surface area (Å²) in [6, 6.07) is 16.0. The Morgan fingerprint density at radius 1 is 0.900 bits per heavy atom. The molecule has 0 spiro atoms. The van der Waals surface area contributed by atoms with Crippen molar-refractivity contribution < 1.29 is 14.4 Å². The van der Waals surface area contributed by atoms with Crippen molar-refractivity contribution >= 4 is 17.3 Å². The Hall–Kier alpha value is -2.55. The fraction of sp³-hybridized carbons (Fsp3) is 0.118. The van der Waals surface area contributed by atoms with E-state index in [2.05, 4.69) is 0 Å². The average Bonchev–Trinajstić information content (AvgIpc) is 2.72. The number of rotatable bonds is 3. The third kappa shape index (κ3) is 1.97. The van der Waals surface area contributed by atoms with Crippen LogP contribution < -0.4 is 0 Å². The lowest BCUT2D eigenvalue weighted by molar-refractivity contribution is -0.126. The van der Waals surface area contributed by atoms with Gasteiger partial charge in [0.2, 0.25) is 11.6 Å². The van der Waals surface area contributed by atoms with Gasteiger partial charge in [-0.15, -0.1) is 0 Å². The molecule has 1 aliphatic carbocycles. The SMILES string of the molecule is O=C1C(=O)C(C(=O)Cc2ccccc2)c2ccccc21. The van der Waals surface area contributed by atoms with Crippen molar-refractivity contribution in [2.45, 2.75) is 12.3 Å². The molecule has 3 nitrogen and oxygen atoms in total. The molecule has 1 aliphatic rings. The van der Waals surface area contributed by atoms with Gasteiger partial charge in [-0.05, 0) is 11.1 Å². The van der Waals surface area contributed by atoms with Gasteiger partial charge < -0.3 is 0 Å². The first kappa shape index (κ1) is 12.5. The van der Waals surface area contributed by atoms with Crippen LogP contribution in [-0.2, 0) is 16.0 Å². The second-order valence-corrected chi connectivity index (χ2v) is 4.84. The van der Waals surface area contributed by atoms with E-state index in [0.717, 1.165) is 5.56 Å². The highest BCUT2D eigenvalue weighted by atomic mass is 16.2. The van der Waals surface area contributed by atoms with Crippen molar-refractivity contribution in [2.75, 3.05) is 0 Å². The van der Waals surface area contributed by atoms with Gasteiger partial charge >= 0.3 is 0 Å². The first-order chi connectivity index (χ1) is 9.68. The van der Waals surface area contributed by atoms with E-state index in [9.17, 15) is 14.4 Å². The van der Waals surface area contributed by atoms with E-state index in [4.69, 9.17) is 0 Å². The minimum atomic E-state index is -0.932. The minimum Gasteiger partial charge on any atom is -0.298 e. The largest absolute Gasteiger partial charge is 0.298 e. The number of ketones is 3. The highest BCUT2D eigenvalue weighted by molar-refractivity contribution is 6.52. The fourth-order valence-corrected chi connectivity index (χ4v) is 2.58. The lowest BCUT2D eigenvalue weighted by Crippen LogP contribution is -2.22. The van der Waals surface area contributed by atoms with Crippen LogP contribution in [0.4, 0.5) is 0 Å². The van der Waals surface area contributed by atoms with E-state index in [-0.39, 0.29) is 12.2 Å². The Labute approximate surface area is 116 Å². The Bertz CT molecular complexity index is 701. The highest BCUT2D eigenvalue weighted by Crippen LogP contribution is 2.31. The van der Waals surface area contributed by atoms with Gasteiger partial charge in [-0.25, -0.2) is 0 Å². The standard InChI is InChI=1S/C17H12O3/c18-14(10-11-6-2-1-3-7-11)15-12-8-4-5-9-13(12)16(19)17(15)20/h1-9,15H,10H2. The molecule has 0 N–H and O–H groups in total. The zero-order valence-electron chi connectivity index (χ0n) is 10.7. The summed E-state index contributed by atoms with van der Waals surface area (Å²) < 4.78 is 0. The van der Waals surface area contributed by atoms with Gasteiger partial charge in [0.15, 0.2) is 5.78 Å². The maximum atomic E-state index is 12.4. The van der Waals surface area contributed by atoms with Gasteiger partial charge in [0.25, 0.3) is 0 Å². The highest BCUT2D eigenvalue weighted by Gasteiger charge is 2.41. The molecule has 98 valence electrons. The second kappa shape index (κ2) is 4.85. The molecule has 0 saturated carbocycles. The van der Waals surface area contributed by atoms with Crippen molar-refractivity contribution in [1.82, 2.24) is 0 Å². The lowest BCUT2D eigenvalue weighted by Gasteiger charge is -2.08. The topological polar surface area (TPSA) is 51.2 Å². The molecule has 0 fully saturated rings. The number of hydrogen-bond donors (Lipinski definition) is 0. The summed E-state index contributed by atoms with van der Waals surface area (Å²) >= 11 is 0. The summed E-state index contributed by atoms with van der Waals surface area (Å²) in [6.45, 7) is 0. The van der Waals surface area contributed by atoms with Crippen LogP contribution >= 0.6 is 0 Å². The van der Waals surface area contributed by atoms with E-state index >= 15 is 0 Å². The molecule has 0 bridgehead atoms. The van der Waals surface area contributed by atoms with Crippen molar-refractivity contribution in [2.24, 2.45) is 0 Å². The first-order valence-electron chi connectivity index (χ1n) is 6.42. The molecule has 1 atom stereocenters. The Balaban J connectivity index is 1.93. The van der Waals surface area contributed by atoms with Crippen molar-refractivity contribution in [3.05, 3.63) is 71.3 Å². The molecule has 2 aromatic rings. The number of carbonyl (C=O) groups excluding carboxylic acids is 3. The average molecular weight is 264 g/mol. The fourth-order valence-electron chi connectivity index (χ4n) is 2.58. The molecule has 0 aromatic heterocycles. The summed E-state index contributed by atoms with van der Waals surface area (Å²) in [5, 5.41) is 0. The monoisotopic (exact) mass is 264 g/mol. The maximum Gasteiger partial charge on any atom is 0.230 e. The molecule has 0 radical (unpaired) electrons. The second-order valence-electron chi connectivity index (χ2n) is 4.84. The van der Waals surface area contributed by atoms with E-state index < -0.39 is 17.5 Å². The molecule has 0 saturated heterocycles. The van der Waals surface area contributed by atoms with E-state index in [1.165, 1.54) is 0 Å². The summed E-state index contributed by atoms with van der Waals surface area (Å²) in [7, 11) is 0. The molecule has 1 unspecified atom stereocenters. The molecule has 3 rings (SSSR count). The van der Waals surface area contributed by atoms with Gasteiger partial charge in [0, 0.05) is 12.0 Å². The summed E-state index contributed by atoms with van der Waals surface area (Å²) in [5.74, 6) is -2.31. The summed E-state index contributed by atoms with van der Waals surface area (Å²) in [4.78, 5) is 36.2. The molecular formula is C17H12O3. The zero-order chi connectivity index (χ0) is 14.1. The summed E-state index contributed by atoms with van der Waals surface area (Å²) in [5.41, 5.74) is 1.76. The molecule has 3 heteroatoms. The van der Waals surface area contributed by atoms with Crippen molar-refractivity contribution in [1.29, 1.82) is 0 Å². The van der Waals surface area contributed by atoms with Crippen LogP contribution in [-0.4, -0.2) is 17.3 Å². The lowest BCUT2D eigenvalue weighted by atomic mass is 9.92. The molecule has 20 heavy (non-hydrogen) atoms. The van der Waals surface area contributed by atoms with Crippen LogP contribution in [0.2, 0.25) is 0 Å². The molecule has 0 heterocycles. The smallest absolute Gasteiger partial charge is 0.230 e. The van der Waals surface area contributed by atoms with E-state index in [0.29, 0.717) is 11.1 Å².